The summed E-state index contributed by atoms with van der Waals surface area (Å²) in [7, 11) is 0. The van der Waals surface area contributed by atoms with Crippen molar-refractivity contribution in [2.45, 2.75) is 6.18 Å². The van der Waals surface area contributed by atoms with Crippen molar-refractivity contribution in [3.05, 3.63) is 49.4 Å². The number of hydrogen-bond donors (Lipinski definition) is 1. The summed E-state index contributed by atoms with van der Waals surface area (Å²) >= 11 is 9.44. The van der Waals surface area contributed by atoms with Crippen LogP contribution in [0.1, 0.15) is 5.56 Å². The molecule has 20 heavy (non-hydrogen) atoms. The van der Waals surface area contributed by atoms with Gasteiger partial charge in [-0.3, -0.25) is 0 Å². The normalized spacial score (nSPS) is 11.5. The number of nitrogens with zero attached hydrogens (tertiary/aromatic N) is 1. The Bertz CT molecular complexity index is 644. The molecule has 0 atom stereocenters. The first-order valence-electron chi connectivity index (χ1n) is 5.22. The predicted octanol–water partition coefficient (Wildman–Crippen LogP) is 6.13. The summed E-state index contributed by atoms with van der Waals surface area (Å²) in [6, 6.07) is 5.66. The molecular formula is C12H6Br3F3N2. The fourth-order valence-corrected chi connectivity index (χ4v) is 3.02. The average Bonchev–Trinajstić information content (AvgIpc) is 2.33. The van der Waals surface area contributed by atoms with Crippen LogP contribution in [0.15, 0.2) is 43.9 Å². The number of benzene rings is 1. The summed E-state index contributed by atoms with van der Waals surface area (Å²) in [5.41, 5.74) is -0.438. The fourth-order valence-electron chi connectivity index (χ4n) is 1.46. The van der Waals surface area contributed by atoms with E-state index in [2.05, 4.69) is 58.1 Å². The van der Waals surface area contributed by atoms with E-state index in [1.165, 1.54) is 12.1 Å². The van der Waals surface area contributed by atoms with E-state index >= 15 is 0 Å². The van der Waals surface area contributed by atoms with Crippen molar-refractivity contribution in [1.82, 2.24) is 4.98 Å². The molecule has 0 aliphatic rings. The average molecular weight is 475 g/mol. The van der Waals surface area contributed by atoms with Crippen LogP contribution < -0.4 is 5.32 Å². The van der Waals surface area contributed by atoms with Crippen molar-refractivity contribution in [3.63, 3.8) is 0 Å². The zero-order valence-electron chi connectivity index (χ0n) is 9.60. The van der Waals surface area contributed by atoms with Gasteiger partial charge in [0.1, 0.15) is 5.82 Å². The molecule has 0 radical (unpaired) electrons. The number of rotatable bonds is 2. The topological polar surface area (TPSA) is 24.9 Å². The maximum atomic E-state index is 12.8. The van der Waals surface area contributed by atoms with Gasteiger partial charge in [0.2, 0.25) is 0 Å². The number of alkyl halides is 3. The largest absolute Gasteiger partial charge is 0.417 e. The lowest BCUT2D eigenvalue weighted by Crippen LogP contribution is -2.07. The van der Waals surface area contributed by atoms with Crippen LogP contribution in [-0.4, -0.2) is 4.98 Å². The molecule has 1 heterocycles. The van der Waals surface area contributed by atoms with E-state index in [4.69, 9.17) is 0 Å². The number of pyridine rings is 1. The molecule has 2 rings (SSSR count). The lowest BCUT2D eigenvalue weighted by Gasteiger charge is -2.13. The minimum absolute atomic E-state index is 0.00150. The molecular weight excluding hydrogens is 469 g/mol. The molecule has 0 saturated heterocycles. The number of aromatic nitrogens is 1. The Morgan fingerprint density at radius 2 is 1.70 bits per heavy atom. The molecule has 0 bridgehead atoms. The Balaban J connectivity index is 2.35. The minimum atomic E-state index is -4.42. The SMILES string of the molecule is FC(F)(F)c1cc(Nc2ncc(Br)cc2Br)ccc1Br. The van der Waals surface area contributed by atoms with Crippen molar-refractivity contribution in [2.75, 3.05) is 5.32 Å². The van der Waals surface area contributed by atoms with Crippen LogP contribution in [0.3, 0.4) is 0 Å². The molecule has 0 unspecified atom stereocenters. The second-order valence-electron chi connectivity index (χ2n) is 3.80. The maximum absolute atomic E-state index is 12.8. The summed E-state index contributed by atoms with van der Waals surface area (Å²) in [6.07, 6.45) is -2.86. The molecule has 2 nitrogen and oxygen atoms in total. The van der Waals surface area contributed by atoms with Crippen molar-refractivity contribution in [3.8, 4) is 0 Å². The van der Waals surface area contributed by atoms with Gasteiger partial charge in [-0.25, -0.2) is 4.98 Å². The lowest BCUT2D eigenvalue weighted by molar-refractivity contribution is -0.138. The minimum Gasteiger partial charge on any atom is -0.339 e. The molecule has 1 aromatic heterocycles. The second kappa shape index (κ2) is 6.03. The highest BCUT2D eigenvalue weighted by molar-refractivity contribution is 9.11. The Hall–Kier alpha value is -0.600. The number of nitrogens with one attached hydrogen (secondary N) is 1. The molecule has 0 fully saturated rings. The van der Waals surface area contributed by atoms with E-state index in [0.717, 1.165) is 10.5 Å². The van der Waals surface area contributed by atoms with Gasteiger partial charge in [-0.2, -0.15) is 13.2 Å². The van der Waals surface area contributed by atoms with Crippen LogP contribution in [0.25, 0.3) is 0 Å². The molecule has 0 saturated carbocycles. The van der Waals surface area contributed by atoms with E-state index in [1.54, 1.807) is 12.3 Å². The number of hydrogen-bond acceptors (Lipinski definition) is 2. The summed E-state index contributed by atoms with van der Waals surface area (Å²) in [4.78, 5) is 4.09. The highest BCUT2D eigenvalue weighted by Gasteiger charge is 2.33. The van der Waals surface area contributed by atoms with Crippen LogP contribution in [0.2, 0.25) is 0 Å². The van der Waals surface area contributed by atoms with Crippen LogP contribution >= 0.6 is 47.8 Å². The van der Waals surface area contributed by atoms with Gasteiger partial charge in [-0.05, 0) is 56.1 Å². The van der Waals surface area contributed by atoms with Gasteiger partial charge >= 0.3 is 6.18 Å². The molecule has 0 spiro atoms. The first-order valence-corrected chi connectivity index (χ1v) is 7.60. The summed E-state index contributed by atoms with van der Waals surface area (Å²) in [6.45, 7) is 0. The van der Waals surface area contributed by atoms with Crippen molar-refractivity contribution >= 4 is 59.3 Å². The number of halogens is 6. The van der Waals surface area contributed by atoms with E-state index in [1.807, 2.05) is 0 Å². The monoisotopic (exact) mass is 472 g/mol. The number of anilines is 2. The summed E-state index contributed by atoms with van der Waals surface area (Å²) in [5, 5.41) is 2.84. The quantitative estimate of drug-likeness (QED) is 0.566. The first-order chi connectivity index (χ1) is 9.27. The predicted molar refractivity (Wildman–Crippen MR) is 82.1 cm³/mol. The Labute approximate surface area is 138 Å². The van der Waals surface area contributed by atoms with E-state index in [9.17, 15) is 13.2 Å². The lowest BCUT2D eigenvalue weighted by atomic mass is 10.2. The van der Waals surface area contributed by atoms with Crippen LogP contribution in [0.5, 0.6) is 0 Å². The zero-order chi connectivity index (χ0) is 14.9. The second-order valence-corrected chi connectivity index (χ2v) is 6.43. The molecule has 0 aliphatic heterocycles. The highest BCUT2D eigenvalue weighted by Crippen LogP contribution is 2.37. The molecule has 8 heteroatoms. The molecule has 1 aromatic carbocycles. The molecule has 106 valence electrons. The van der Waals surface area contributed by atoms with Gasteiger partial charge in [0, 0.05) is 20.8 Å². The van der Waals surface area contributed by atoms with Crippen molar-refractivity contribution in [2.24, 2.45) is 0 Å². The smallest absolute Gasteiger partial charge is 0.339 e. The fraction of sp³-hybridized carbons (Fsp3) is 0.0833. The Morgan fingerprint density at radius 3 is 2.30 bits per heavy atom. The zero-order valence-corrected chi connectivity index (χ0v) is 14.4. The van der Waals surface area contributed by atoms with E-state index in [0.29, 0.717) is 16.0 Å². The summed E-state index contributed by atoms with van der Waals surface area (Å²) in [5.74, 6) is 0.434. The Kier molecular flexibility index (Phi) is 4.76. The van der Waals surface area contributed by atoms with Gasteiger partial charge in [0.25, 0.3) is 0 Å². The third-order valence-electron chi connectivity index (χ3n) is 2.34. The van der Waals surface area contributed by atoms with Gasteiger partial charge in [-0.1, -0.05) is 15.9 Å². The maximum Gasteiger partial charge on any atom is 0.417 e. The molecule has 0 amide bonds. The van der Waals surface area contributed by atoms with Gasteiger partial charge in [-0.15, -0.1) is 0 Å². The third kappa shape index (κ3) is 3.73. The van der Waals surface area contributed by atoms with E-state index in [-0.39, 0.29) is 4.47 Å². The summed E-state index contributed by atoms with van der Waals surface area (Å²) < 4.78 is 39.8. The molecule has 2 aromatic rings. The standard InChI is InChI=1S/C12H6Br3F3N2/c13-6-3-10(15)11(19-5-6)20-7-1-2-9(14)8(4-7)12(16,17)18/h1-5H,(H,19,20). The van der Waals surface area contributed by atoms with Gasteiger partial charge in [0.05, 0.1) is 10.0 Å². The highest BCUT2D eigenvalue weighted by atomic mass is 79.9. The van der Waals surface area contributed by atoms with Crippen LogP contribution in [0, 0.1) is 0 Å². The van der Waals surface area contributed by atoms with Crippen molar-refractivity contribution in [1.29, 1.82) is 0 Å². The van der Waals surface area contributed by atoms with Crippen LogP contribution in [0.4, 0.5) is 24.7 Å². The van der Waals surface area contributed by atoms with E-state index < -0.39 is 11.7 Å². The first kappa shape index (κ1) is 15.8. The third-order valence-corrected chi connectivity index (χ3v) is 4.07. The van der Waals surface area contributed by atoms with Crippen molar-refractivity contribution < 1.29 is 13.2 Å². The van der Waals surface area contributed by atoms with Crippen LogP contribution in [-0.2, 0) is 6.18 Å². The Morgan fingerprint density at radius 1 is 1.00 bits per heavy atom. The molecule has 1 N–H and O–H groups in total. The van der Waals surface area contributed by atoms with Gasteiger partial charge < -0.3 is 5.32 Å². The van der Waals surface area contributed by atoms with Gasteiger partial charge in [0.15, 0.2) is 0 Å². The molecule has 0 aliphatic carbocycles.